The van der Waals surface area contributed by atoms with Crippen molar-refractivity contribution in [3.63, 3.8) is 0 Å². The standard InChI is InChI=1S/C19H23N3O2/c1-5-14(4)20-18(23)15-7-6-8-16(21-15)19(24)22-17-11-12(2)9-10-13(17)3/h6-11,14H,5H2,1-4H3,(H,20,23)(H,22,24). The monoisotopic (exact) mass is 325 g/mol. The van der Waals surface area contributed by atoms with Gasteiger partial charge in [-0.3, -0.25) is 9.59 Å². The Bertz CT molecular complexity index is 756. The van der Waals surface area contributed by atoms with E-state index in [4.69, 9.17) is 0 Å². The summed E-state index contributed by atoms with van der Waals surface area (Å²) < 4.78 is 0. The quantitative estimate of drug-likeness (QED) is 0.884. The van der Waals surface area contributed by atoms with Crippen LogP contribution < -0.4 is 10.6 Å². The fourth-order valence-electron chi connectivity index (χ4n) is 2.14. The number of pyridine rings is 1. The maximum atomic E-state index is 12.4. The average molecular weight is 325 g/mol. The van der Waals surface area contributed by atoms with Crippen LogP contribution in [-0.2, 0) is 0 Å². The number of aryl methyl sites for hydroxylation is 2. The molecule has 0 bridgehead atoms. The predicted octanol–water partition coefficient (Wildman–Crippen LogP) is 3.48. The maximum Gasteiger partial charge on any atom is 0.274 e. The second-order valence-electron chi connectivity index (χ2n) is 5.96. The van der Waals surface area contributed by atoms with E-state index in [-0.39, 0.29) is 29.2 Å². The summed E-state index contributed by atoms with van der Waals surface area (Å²) in [5, 5.41) is 5.70. The van der Waals surface area contributed by atoms with Gasteiger partial charge in [-0.05, 0) is 56.5 Å². The molecule has 0 saturated carbocycles. The van der Waals surface area contributed by atoms with Crippen molar-refractivity contribution in [1.82, 2.24) is 10.3 Å². The number of nitrogens with zero attached hydrogens (tertiary/aromatic N) is 1. The van der Waals surface area contributed by atoms with Crippen molar-refractivity contribution in [3.05, 3.63) is 58.9 Å². The molecule has 1 heterocycles. The summed E-state index contributed by atoms with van der Waals surface area (Å²) in [5.41, 5.74) is 3.23. The lowest BCUT2D eigenvalue weighted by molar-refractivity contribution is 0.0934. The maximum absolute atomic E-state index is 12.4. The summed E-state index contributed by atoms with van der Waals surface area (Å²) in [6, 6.07) is 10.8. The number of nitrogens with one attached hydrogen (secondary N) is 2. The van der Waals surface area contributed by atoms with Gasteiger partial charge in [0.1, 0.15) is 11.4 Å². The van der Waals surface area contributed by atoms with Gasteiger partial charge in [0, 0.05) is 11.7 Å². The highest BCUT2D eigenvalue weighted by Gasteiger charge is 2.14. The zero-order chi connectivity index (χ0) is 17.7. The van der Waals surface area contributed by atoms with Gasteiger partial charge in [-0.15, -0.1) is 0 Å². The topological polar surface area (TPSA) is 71.1 Å². The summed E-state index contributed by atoms with van der Waals surface area (Å²) in [6.45, 7) is 7.81. The van der Waals surface area contributed by atoms with E-state index in [9.17, 15) is 9.59 Å². The van der Waals surface area contributed by atoms with Crippen molar-refractivity contribution >= 4 is 17.5 Å². The Morgan fingerprint density at radius 1 is 1.08 bits per heavy atom. The Morgan fingerprint density at radius 3 is 2.42 bits per heavy atom. The lowest BCUT2D eigenvalue weighted by atomic mass is 10.1. The predicted molar refractivity (Wildman–Crippen MR) is 95.3 cm³/mol. The molecule has 0 saturated heterocycles. The van der Waals surface area contributed by atoms with Gasteiger partial charge in [-0.1, -0.05) is 25.1 Å². The Labute approximate surface area is 142 Å². The minimum atomic E-state index is -0.332. The van der Waals surface area contributed by atoms with E-state index in [2.05, 4.69) is 15.6 Å². The molecule has 1 aromatic carbocycles. The van der Waals surface area contributed by atoms with Crippen molar-refractivity contribution < 1.29 is 9.59 Å². The fourth-order valence-corrected chi connectivity index (χ4v) is 2.14. The van der Waals surface area contributed by atoms with Crippen molar-refractivity contribution in [3.8, 4) is 0 Å². The van der Waals surface area contributed by atoms with E-state index >= 15 is 0 Å². The first-order valence-corrected chi connectivity index (χ1v) is 8.07. The molecule has 5 heteroatoms. The van der Waals surface area contributed by atoms with E-state index < -0.39 is 0 Å². The van der Waals surface area contributed by atoms with Gasteiger partial charge >= 0.3 is 0 Å². The number of anilines is 1. The van der Waals surface area contributed by atoms with Crippen LogP contribution in [0.3, 0.4) is 0 Å². The number of hydrogen-bond acceptors (Lipinski definition) is 3. The lowest BCUT2D eigenvalue weighted by Gasteiger charge is -2.12. The first kappa shape index (κ1) is 17.7. The van der Waals surface area contributed by atoms with Crippen LogP contribution in [0.4, 0.5) is 5.69 Å². The number of carbonyl (C=O) groups is 2. The molecule has 2 aromatic rings. The summed E-state index contributed by atoms with van der Waals surface area (Å²) in [5.74, 6) is -0.604. The van der Waals surface area contributed by atoms with Crippen LogP contribution in [-0.4, -0.2) is 22.8 Å². The van der Waals surface area contributed by atoms with Crippen LogP contribution >= 0.6 is 0 Å². The molecule has 24 heavy (non-hydrogen) atoms. The molecule has 1 unspecified atom stereocenters. The third kappa shape index (κ3) is 4.41. The molecule has 0 fully saturated rings. The molecular formula is C19H23N3O2. The van der Waals surface area contributed by atoms with Crippen molar-refractivity contribution in [2.75, 3.05) is 5.32 Å². The molecule has 2 rings (SSSR count). The molecule has 0 radical (unpaired) electrons. The van der Waals surface area contributed by atoms with Gasteiger partial charge in [0.05, 0.1) is 0 Å². The van der Waals surface area contributed by atoms with Crippen LogP contribution in [0.15, 0.2) is 36.4 Å². The van der Waals surface area contributed by atoms with Gasteiger partial charge in [0.15, 0.2) is 0 Å². The minimum Gasteiger partial charge on any atom is -0.348 e. The molecule has 126 valence electrons. The van der Waals surface area contributed by atoms with Crippen LogP contribution in [0.2, 0.25) is 0 Å². The van der Waals surface area contributed by atoms with Gasteiger partial charge in [-0.25, -0.2) is 4.98 Å². The van der Waals surface area contributed by atoms with E-state index in [1.165, 1.54) is 0 Å². The summed E-state index contributed by atoms with van der Waals surface area (Å²) in [6.07, 6.45) is 0.832. The molecule has 2 amide bonds. The highest BCUT2D eigenvalue weighted by molar-refractivity contribution is 6.04. The number of hydrogen-bond donors (Lipinski definition) is 2. The van der Waals surface area contributed by atoms with Gasteiger partial charge < -0.3 is 10.6 Å². The number of carbonyl (C=O) groups excluding carboxylic acids is 2. The van der Waals surface area contributed by atoms with Crippen molar-refractivity contribution in [1.29, 1.82) is 0 Å². The lowest BCUT2D eigenvalue weighted by Crippen LogP contribution is -2.32. The second-order valence-corrected chi connectivity index (χ2v) is 5.96. The number of rotatable bonds is 5. The van der Waals surface area contributed by atoms with E-state index in [0.29, 0.717) is 0 Å². The van der Waals surface area contributed by atoms with E-state index in [0.717, 1.165) is 23.2 Å². The average Bonchev–Trinajstić information content (AvgIpc) is 2.58. The molecule has 2 N–H and O–H groups in total. The largest absolute Gasteiger partial charge is 0.348 e. The zero-order valence-corrected chi connectivity index (χ0v) is 14.5. The smallest absolute Gasteiger partial charge is 0.274 e. The second kappa shape index (κ2) is 7.73. The van der Waals surface area contributed by atoms with Crippen LogP contribution in [0.25, 0.3) is 0 Å². The van der Waals surface area contributed by atoms with Crippen LogP contribution in [0.1, 0.15) is 52.4 Å². The molecule has 1 aromatic heterocycles. The number of benzene rings is 1. The molecule has 0 aliphatic heterocycles. The van der Waals surface area contributed by atoms with E-state index in [1.54, 1.807) is 18.2 Å². The Kier molecular flexibility index (Phi) is 5.68. The summed E-state index contributed by atoms with van der Waals surface area (Å²) >= 11 is 0. The SMILES string of the molecule is CCC(C)NC(=O)c1cccc(C(=O)Nc2cc(C)ccc2C)n1. The third-order valence-electron chi connectivity index (χ3n) is 3.85. The minimum absolute atomic E-state index is 0.0618. The number of aromatic nitrogens is 1. The van der Waals surface area contributed by atoms with Crippen LogP contribution in [0, 0.1) is 13.8 Å². The third-order valence-corrected chi connectivity index (χ3v) is 3.85. The highest BCUT2D eigenvalue weighted by atomic mass is 16.2. The molecule has 5 nitrogen and oxygen atoms in total. The first-order chi connectivity index (χ1) is 11.4. The van der Waals surface area contributed by atoms with Crippen molar-refractivity contribution in [2.24, 2.45) is 0 Å². The fraction of sp³-hybridized carbons (Fsp3) is 0.316. The molecule has 0 spiro atoms. The highest BCUT2D eigenvalue weighted by Crippen LogP contribution is 2.17. The van der Waals surface area contributed by atoms with Gasteiger partial charge in [-0.2, -0.15) is 0 Å². The number of amides is 2. The molecule has 0 aliphatic carbocycles. The van der Waals surface area contributed by atoms with Gasteiger partial charge in [0.25, 0.3) is 11.8 Å². The Hall–Kier alpha value is -2.69. The normalized spacial score (nSPS) is 11.7. The zero-order valence-electron chi connectivity index (χ0n) is 14.5. The molecule has 0 aliphatic rings. The molecule has 1 atom stereocenters. The van der Waals surface area contributed by atoms with Crippen molar-refractivity contribution in [2.45, 2.75) is 40.2 Å². The van der Waals surface area contributed by atoms with Gasteiger partial charge in [0.2, 0.25) is 0 Å². The first-order valence-electron chi connectivity index (χ1n) is 8.07. The van der Waals surface area contributed by atoms with E-state index in [1.807, 2.05) is 45.9 Å². The molecular weight excluding hydrogens is 302 g/mol. The summed E-state index contributed by atoms with van der Waals surface area (Å²) in [7, 11) is 0. The Morgan fingerprint density at radius 2 is 1.75 bits per heavy atom. The summed E-state index contributed by atoms with van der Waals surface area (Å²) in [4.78, 5) is 28.8. The Balaban J connectivity index is 2.17. The van der Waals surface area contributed by atoms with Crippen LogP contribution in [0.5, 0.6) is 0 Å².